The predicted octanol–water partition coefficient (Wildman–Crippen LogP) is 3.18. The number of halogens is 1. The first-order valence-corrected chi connectivity index (χ1v) is 6.50. The van der Waals surface area contributed by atoms with Crippen LogP contribution in [0.1, 0.15) is 37.4 Å². The van der Waals surface area contributed by atoms with Gasteiger partial charge in [-0.25, -0.2) is 0 Å². The Hall–Kier alpha value is -1.59. The molecule has 0 radical (unpaired) electrons. The minimum Gasteiger partial charge on any atom is -0.406 e. The molecule has 0 aliphatic rings. The molecule has 0 saturated heterocycles. The van der Waals surface area contributed by atoms with E-state index >= 15 is 0 Å². The molecule has 0 bridgehead atoms. The van der Waals surface area contributed by atoms with Gasteiger partial charge in [0.05, 0.1) is 12.1 Å². The van der Waals surface area contributed by atoms with Crippen LogP contribution in [0.3, 0.4) is 0 Å². The van der Waals surface area contributed by atoms with Crippen molar-refractivity contribution in [3.8, 4) is 0 Å². The first kappa shape index (κ1) is 13.8. The van der Waals surface area contributed by atoms with Gasteiger partial charge in [-0.05, 0) is 38.6 Å². The molecule has 2 N–H and O–H groups in total. The van der Waals surface area contributed by atoms with Crippen LogP contribution in [0.2, 0.25) is 5.02 Å². The molecule has 0 saturated carbocycles. The normalized spacial score (nSPS) is 14.1. The van der Waals surface area contributed by atoms with Gasteiger partial charge in [0.25, 0.3) is 0 Å². The third-order valence-corrected chi connectivity index (χ3v) is 3.17. The van der Waals surface area contributed by atoms with Crippen LogP contribution in [0.5, 0.6) is 0 Å². The molecule has 0 aliphatic heterocycles. The maximum atomic E-state index is 5.97. The summed E-state index contributed by atoms with van der Waals surface area (Å²) in [5.41, 5.74) is 1.06. The minimum absolute atomic E-state index is 0.0320. The summed E-state index contributed by atoms with van der Waals surface area (Å²) in [7, 11) is 1.84. The first-order valence-electron chi connectivity index (χ1n) is 6.13. The highest BCUT2D eigenvalue weighted by Crippen LogP contribution is 2.22. The Kier molecular flexibility index (Phi) is 4.39. The third kappa shape index (κ3) is 3.45. The first-order chi connectivity index (χ1) is 9.10. The van der Waals surface area contributed by atoms with Crippen molar-refractivity contribution in [1.29, 1.82) is 0 Å². The van der Waals surface area contributed by atoms with E-state index in [0.717, 1.165) is 5.56 Å². The largest absolute Gasteiger partial charge is 0.406 e. The Morgan fingerprint density at radius 2 is 2.00 bits per heavy atom. The number of hydrogen-bond donors (Lipinski definition) is 2. The van der Waals surface area contributed by atoms with Crippen molar-refractivity contribution in [2.75, 3.05) is 12.4 Å². The summed E-state index contributed by atoms with van der Waals surface area (Å²) in [6.45, 7) is 3.97. The predicted molar refractivity (Wildman–Crippen MR) is 75.3 cm³/mol. The van der Waals surface area contributed by atoms with E-state index in [9.17, 15) is 0 Å². The lowest BCUT2D eigenvalue weighted by atomic mass is 10.1. The van der Waals surface area contributed by atoms with Gasteiger partial charge in [0, 0.05) is 5.02 Å². The lowest BCUT2D eigenvalue weighted by Gasteiger charge is -2.12. The molecule has 19 heavy (non-hydrogen) atoms. The maximum Gasteiger partial charge on any atom is 0.315 e. The Balaban J connectivity index is 2.06. The van der Waals surface area contributed by atoms with Crippen molar-refractivity contribution < 1.29 is 4.42 Å². The van der Waals surface area contributed by atoms with Crippen LogP contribution in [0, 0.1) is 0 Å². The fraction of sp³-hybridized carbons (Fsp3) is 0.385. The van der Waals surface area contributed by atoms with Gasteiger partial charge in [0.15, 0.2) is 0 Å². The fourth-order valence-electron chi connectivity index (χ4n) is 1.64. The second-order valence-corrected chi connectivity index (χ2v) is 4.81. The Morgan fingerprint density at radius 1 is 1.21 bits per heavy atom. The van der Waals surface area contributed by atoms with Gasteiger partial charge < -0.3 is 15.1 Å². The van der Waals surface area contributed by atoms with E-state index in [0.29, 0.717) is 16.9 Å². The quantitative estimate of drug-likeness (QED) is 0.881. The molecule has 0 aliphatic carbocycles. The van der Waals surface area contributed by atoms with E-state index in [4.69, 9.17) is 16.0 Å². The lowest BCUT2D eigenvalue weighted by Crippen LogP contribution is -2.12. The van der Waals surface area contributed by atoms with Gasteiger partial charge in [-0.3, -0.25) is 0 Å². The monoisotopic (exact) mass is 280 g/mol. The van der Waals surface area contributed by atoms with E-state index in [-0.39, 0.29) is 12.1 Å². The van der Waals surface area contributed by atoms with Crippen molar-refractivity contribution in [3.05, 3.63) is 40.7 Å². The highest BCUT2D eigenvalue weighted by atomic mass is 35.5. The second kappa shape index (κ2) is 6.04. The molecule has 5 nitrogen and oxygen atoms in total. The summed E-state index contributed by atoms with van der Waals surface area (Å²) in [5.74, 6) is 0.559. The summed E-state index contributed by atoms with van der Waals surface area (Å²) < 4.78 is 5.53. The maximum absolute atomic E-state index is 5.97. The summed E-state index contributed by atoms with van der Waals surface area (Å²) >= 11 is 5.97. The van der Waals surface area contributed by atoms with Crippen LogP contribution in [-0.4, -0.2) is 17.2 Å². The average Bonchev–Trinajstić information content (AvgIpc) is 2.86. The molecular formula is C13H17ClN4O. The number of benzene rings is 1. The number of nitrogens with one attached hydrogen (secondary N) is 2. The molecule has 1 aromatic carbocycles. The number of nitrogens with zero attached hydrogens (tertiary/aromatic N) is 2. The van der Waals surface area contributed by atoms with E-state index in [1.54, 1.807) is 0 Å². The zero-order valence-corrected chi connectivity index (χ0v) is 11.9. The summed E-state index contributed by atoms with van der Waals surface area (Å²) in [6, 6.07) is 8.14. The topological polar surface area (TPSA) is 63.0 Å². The smallest absolute Gasteiger partial charge is 0.315 e. The Morgan fingerprint density at radius 3 is 2.68 bits per heavy atom. The minimum atomic E-state index is 0.0320. The standard InChI is InChI=1S/C13H17ClN4O/c1-8(10-5-4-6-11(14)7-10)16-13-18-17-12(19-13)9(2)15-3/h4-9,15H,1-3H3,(H,16,18). The summed E-state index contributed by atoms with van der Waals surface area (Å²) in [5, 5.41) is 14.9. The van der Waals surface area contributed by atoms with Gasteiger partial charge in [-0.2, -0.15) is 0 Å². The number of rotatable bonds is 5. The summed E-state index contributed by atoms with van der Waals surface area (Å²) in [6.07, 6.45) is 0. The molecule has 0 spiro atoms. The van der Waals surface area contributed by atoms with Crippen LogP contribution in [0.25, 0.3) is 0 Å². The second-order valence-electron chi connectivity index (χ2n) is 4.38. The number of aromatic nitrogens is 2. The van der Waals surface area contributed by atoms with Crippen molar-refractivity contribution in [2.45, 2.75) is 25.9 Å². The van der Waals surface area contributed by atoms with Gasteiger partial charge >= 0.3 is 6.01 Å². The van der Waals surface area contributed by atoms with Crippen molar-refractivity contribution >= 4 is 17.6 Å². The molecule has 0 fully saturated rings. The van der Waals surface area contributed by atoms with Gasteiger partial charge in [0.2, 0.25) is 5.89 Å². The molecule has 2 aromatic rings. The summed E-state index contributed by atoms with van der Waals surface area (Å²) in [4.78, 5) is 0. The SMILES string of the molecule is CNC(C)c1nnc(NC(C)c2cccc(Cl)c2)o1. The van der Waals surface area contributed by atoms with Crippen molar-refractivity contribution in [1.82, 2.24) is 15.5 Å². The third-order valence-electron chi connectivity index (χ3n) is 2.93. The van der Waals surface area contributed by atoms with Crippen LogP contribution in [0.15, 0.2) is 28.7 Å². The van der Waals surface area contributed by atoms with Gasteiger partial charge in [-0.1, -0.05) is 28.8 Å². The van der Waals surface area contributed by atoms with Gasteiger partial charge in [-0.15, -0.1) is 5.10 Å². The molecule has 6 heteroatoms. The zero-order valence-electron chi connectivity index (χ0n) is 11.1. The van der Waals surface area contributed by atoms with Crippen LogP contribution in [-0.2, 0) is 0 Å². The highest BCUT2D eigenvalue weighted by Gasteiger charge is 2.14. The average molecular weight is 281 g/mol. The lowest BCUT2D eigenvalue weighted by molar-refractivity contribution is 0.439. The van der Waals surface area contributed by atoms with E-state index in [1.807, 2.05) is 45.2 Å². The molecule has 2 rings (SSSR count). The number of hydrogen-bond acceptors (Lipinski definition) is 5. The van der Waals surface area contributed by atoms with Gasteiger partial charge in [0.1, 0.15) is 0 Å². The Labute approximate surface area is 117 Å². The molecule has 2 unspecified atom stereocenters. The molecule has 102 valence electrons. The van der Waals surface area contributed by atoms with Crippen molar-refractivity contribution in [3.63, 3.8) is 0 Å². The number of anilines is 1. The molecule has 1 aromatic heterocycles. The van der Waals surface area contributed by atoms with Crippen LogP contribution in [0.4, 0.5) is 6.01 Å². The van der Waals surface area contributed by atoms with E-state index < -0.39 is 0 Å². The molecule has 2 atom stereocenters. The molecule has 1 heterocycles. The molecular weight excluding hydrogens is 264 g/mol. The highest BCUT2D eigenvalue weighted by molar-refractivity contribution is 6.30. The zero-order chi connectivity index (χ0) is 13.8. The molecule has 0 amide bonds. The fourth-order valence-corrected chi connectivity index (χ4v) is 1.83. The van der Waals surface area contributed by atoms with Crippen LogP contribution < -0.4 is 10.6 Å². The van der Waals surface area contributed by atoms with E-state index in [1.165, 1.54) is 0 Å². The van der Waals surface area contributed by atoms with Crippen LogP contribution >= 0.6 is 11.6 Å². The van der Waals surface area contributed by atoms with Crippen molar-refractivity contribution in [2.24, 2.45) is 0 Å². The van der Waals surface area contributed by atoms with E-state index in [2.05, 4.69) is 20.8 Å². The Bertz CT molecular complexity index is 543.